The van der Waals surface area contributed by atoms with Crippen molar-refractivity contribution in [3.8, 4) is 0 Å². The largest absolute Gasteiger partial charge is 0.432 e. The fourth-order valence-corrected chi connectivity index (χ4v) is 3.11. The maximum Gasteiger partial charge on any atom is 0.307 e. The molecule has 3 heteroatoms. The van der Waals surface area contributed by atoms with E-state index in [1.807, 2.05) is 6.08 Å². The molecule has 0 aliphatic rings. The number of esters is 1. The minimum Gasteiger partial charge on any atom is -0.432 e. The van der Waals surface area contributed by atoms with Crippen molar-refractivity contribution in [2.45, 2.75) is 81.1 Å². The van der Waals surface area contributed by atoms with Gasteiger partial charge in [0.1, 0.15) is 12.0 Å². The lowest BCUT2D eigenvalue weighted by molar-refractivity contribution is -0.136. The standard InChI is InChI=1S/C22H38O3/c1-16(2)21(12-11-19(5)25-20(6)24)17(3)13-14-22(7,8)18(4)10-9-15-23/h11-12,15-18H,9-10,13-14H2,1-8H3. The second-order valence-corrected chi connectivity index (χ2v) is 8.27. The highest BCUT2D eigenvalue weighted by molar-refractivity contribution is 5.67. The molecule has 0 aromatic heterocycles. The highest BCUT2D eigenvalue weighted by atomic mass is 16.5. The summed E-state index contributed by atoms with van der Waals surface area (Å²) >= 11 is 0. The zero-order valence-corrected chi connectivity index (χ0v) is 17.5. The SMILES string of the molecule is CC(=O)OC(C)=CC=C(C(C)C)C(C)CCC(C)(C)C(C)CCC=O. The Kier molecular flexibility index (Phi) is 10.7. The number of rotatable bonds is 11. The summed E-state index contributed by atoms with van der Waals surface area (Å²) in [6.07, 6.45) is 8.88. The van der Waals surface area contributed by atoms with Crippen molar-refractivity contribution in [3.05, 3.63) is 23.5 Å². The lowest BCUT2D eigenvalue weighted by atomic mass is 9.72. The molecule has 0 aromatic carbocycles. The van der Waals surface area contributed by atoms with Crippen molar-refractivity contribution in [1.82, 2.24) is 0 Å². The molecule has 2 unspecified atom stereocenters. The van der Waals surface area contributed by atoms with Crippen LogP contribution in [0.1, 0.15) is 81.1 Å². The van der Waals surface area contributed by atoms with Gasteiger partial charge in [-0.15, -0.1) is 0 Å². The number of hydrogen-bond donors (Lipinski definition) is 0. The van der Waals surface area contributed by atoms with Gasteiger partial charge in [-0.25, -0.2) is 0 Å². The molecule has 0 aliphatic carbocycles. The molecule has 0 saturated heterocycles. The molecule has 0 amide bonds. The lowest BCUT2D eigenvalue weighted by Gasteiger charge is -2.33. The Balaban J connectivity index is 4.92. The van der Waals surface area contributed by atoms with Crippen molar-refractivity contribution in [2.75, 3.05) is 0 Å². The number of ether oxygens (including phenoxy) is 1. The van der Waals surface area contributed by atoms with Crippen LogP contribution in [-0.2, 0) is 14.3 Å². The Hall–Kier alpha value is -1.38. The highest BCUT2D eigenvalue weighted by Gasteiger charge is 2.26. The van der Waals surface area contributed by atoms with Crippen LogP contribution in [0.4, 0.5) is 0 Å². The minimum absolute atomic E-state index is 0.225. The Labute approximate surface area is 154 Å². The quantitative estimate of drug-likeness (QED) is 0.196. The van der Waals surface area contributed by atoms with Gasteiger partial charge in [0.25, 0.3) is 0 Å². The molecule has 0 radical (unpaired) electrons. The predicted octanol–water partition coefficient (Wildman–Crippen LogP) is 6.09. The number of aldehydes is 1. The first-order valence-corrected chi connectivity index (χ1v) is 9.51. The molecular weight excluding hydrogens is 312 g/mol. The monoisotopic (exact) mass is 350 g/mol. The maximum absolute atomic E-state index is 11.0. The summed E-state index contributed by atoms with van der Waals surface area (Å²) < 4.78 is 5.09. The Morgan fingerprint density at radius 3 is 2.12 bits per heavy atom. The maximum atomic E-state index is 11.0. The molecular formula is C22H38O3. The van der Waals surface area contributed by atoms with Gasteiger partial charge in [0.2, 0.25) is 0 Å². The van der Waals surface area contributed by atoms with Gasteiger partial charge in [0.05, 0.1) is 0 Å². The number of carbonyl (C=O) groups excluding carboxylic acids is 2. The van der Waals surface area contributed by atoms with E-state index in [1.54, 1.807) is 6.92 Å². The smallest absolute Gasteiger partial charge is 0.307 e. The molecule has 0 bridgehead atoms. The van der Waals surface area contributed by atoms with Gasteiger partial charge in [-0.2, -0.15) is 0 Å². The second-order valence-electron chi connectivity index (χ2n) is 8.27. The third-order valence-corrected chi connectivity index (χ3v) is 5.32. The molecule has 144 valence electrons. The van der Waals surface area contributed by atoms with Gasteiger partial charge in [0.15, 0.2) is 0 Å². The molecule has 0 spiro atoms. The van der Waals surface area contributed by atoms with Crippen molar-refractivity contribution >= 4 is 12.3 Å². The Bertz CT molecular complexity index is 484. The average Bonchev–Trinajstić information content (AvgIpc) is 2.49. The number of carbonyl (C=O) groups is 2. The van der Waals surface area contributed by atoms with Gasteiger partial charge in [-0.3, -0.25) is 4.79 Å². The van der Waals surface area contributed by atoms with Gasteiger partial charge >= 0.3 is 5.97 Å². The Morgan fingerprint density at radius 1 is 1.04 bits per heavy atom. The van der Waals surface area contributed by atoms with Crippen molar-refractivity contribution in [1.29, 1.82) is 0 Å². The molecule has 0 saturated carbocycles. The molecule has 3 nitrogen and oxygen atoms in total. The van der Waals surface area contributed by atoms with Gasteiger partial charge in [0, 0.05) is 13.3 Å². The zero-order valence-electron chi connectivity index (χ0n) is 17.5. The van der Waals surface area contributed by atoms with Crippen LogP contribution in [-0.4, -0.2) is 12.3 Å². The summed E-state index contributed by atoms with van der Waals surface area (Å²) in [6.45, 7) is 16.8. The van der Waals surface area contributed by atoms with Crippen molar-refractivity contribution < 1.29 is 14.3 Å². The first-order valence-electron chi connectivity index (χ1n) is 9.51. The van der Waals surface area contributed by atoms with E-state index in [9.17, 15) is 9.59 Å². The van der Waals surface area contributed by atoms with E-state index in [-0.39, 0.29) is 11.4 Å². The normalized spacial score (nSPS) is 15.9. The van der Waals surface area contributed by atoms with Crippen LogP contribution in [0.2, 0.25) is 0 Å². The van der Waals surface area contributed by atoms with E-state index in [4.69, 9.17) is 4.74 Å². The third-order valence-electron chi connectivity index (χ3n) is 5.32. The topological polar surface area (TPSA) is 43.4 Å². The zero-order chi connectivity index (χ0) is 19.6. The summed E-state index contributed by atoms with van der Waals surface area (Å²) in [5, 5.41) is 0. The van der Waals surface area contributed by atoms with Crippen LogP contribution in [0.25, 0.3) is 0 Å². The minimum atomic E-state index is -0.285. The molecule has 25 heavy (non-hydrogen) atoms. The molecule has 0 N–H and O–H groups in total. The van der Waals surface area contributed by atoms with Crippen LogP contribution in [0.3, 0.4) is 0 Å². The van der Waals surface area contributed by atoms with E-state index in [2.05, 4.69) is 47.6 Å². The summed E-state index contributed by atoms with van der Waals surface area (Å²) in [6, 6.07) is 0. The van der Waals surface area contributed by atoms with Gasteiger partial charge < -0.3 is 9.53 Å². The van der Waals surface area contributed by atoms with Crippen LogP contribution < -0.4 is 0 Å². The highest BCUT2D eigenvalue weighted by Crippen LogP contribution is 2.37. The molecule has 2 atom stereocenters. The fraction of sp³-hybridized carbons (Fsp3) is 0.727. The lowest BCUT2D eigenvalue weighted by Crippen LogP contribution is -2.23. The van der Waals surface area contributed by atoms with Gasteiger partial charge in [-0.05, 0) is 55.4 Å². The summed E-state index contributed by atoms with van der Waals surface area (Å²) in [7, 11) is 0. The molecule has 0 heterocycles. The van der Waals surface area contributed by atoms with Crippen LogP contribution >= 0.6 is 0 Å². The average molecular weight is 351 g/mol. The fourth-order valence-electron chi connectivity index (χ4n) is 3.11. The first-order chi connectivity index (χ1) is 11.5. The third kappa shape index (κ3) is 9.62. The predicted molar refractivity (Wildman–Crippen MR) is 105 cm³/mol. The molecule has 0 rings (SSSR count). The van der Waals surface area contributed by atoms with E-state index in [0.29, 0.717) is 29.9 Å². The molecule has 0 fully saturated rings. The van der Waals surface area contributed by atoms with E-state index < -0.39 is 0 Å². The second kappa shape index (κ2) is 11.3. The van der Waals surface area contributed by atoms with Crippen LogP contribution in [0.15, 0.2) is 23.5 Å². The van der Waals surface area contributed by atoms with E-state index in [0.717, 1.165) is 25.5 Å². The van der Waals surface area contributed by atoms with Crippen molar-refractivity contribution in [3.63, 3.8) is 0 Å². The van der Waals surface area contributed by atoms with Crippen molar-refractivity contribution in [2.24, 2.45) is 23.2 Å². The van der Waals surface area contributed by atoms with E-state index >= 15 is 0 Å². The van der Waals surface area contributed by atoms with Gasteiger partial charge in [-0.1, -0.05) is 53.2 Å². The Morgan fingerprint density at radius 2 is 1.64 bits per heavy atom. The summed E-state index contributed by atoms with van der Waals surface area (Å²) in [5.41, 5.74) is 1.60. The number of allylic oxidation sites excluding steroid dienone is 4. The summed E-state index contributed by atoms with van der Waals surface area (Å²) in [4.78, 5) is 21.6. The van der Waals surface area contributed by atoms with Crippen LogP contribution in [0.5, 0.6) is 0 Å². The molecule has 0 aliphatic heterocycles. The van der Waals surface area contributed by atoms with Crippen LogP contribution in [0, 0.1) is 23.2 Å². The molecule has 0 aromatic rings. The summed E-state index contributed by atoms with van der Waals surface area (Å²) in [5.74, 6) is 1.79. The first kappa shape index (κ1) is 23.6. The number of hydrogen-bond acceptors (Lipinski definition) is 3. The van der Waals surface area contributed by atoms with E-state index in [1.165, 1.54) is 12.5 Å².